The number of nitrogens with zero attached hydrogens (tertiary/aromatic N) is 3. The SMILES string of the molecule is COc1ccc2ncc3c(-c4ccc(C)cc4)nn(-c4cccc(Cl)c4)c3c2c1. The van der Waals surface area contributed by atoms with Gasteiger partial charge in [0.15, 0.2) is 0 Å². The smallest absolute Gasteiger partial charge is 0.119 e. The molecule has 0 fully saturated rings. The molecule has 5 aromatic rings. The van der Waals surface area contributed by atoms with Crippen LogP contribution in [0.15, 0.2) is 72.9 Å². The summed E-state index contributed by atoms with van der Waals surface area (Å²) in [6.45, 7) is 2.08. The Bertz CT molecular complexity index is 1360. The fourth-order valence-electron chi connectivity index (χ4n) is 3.61. The molecule has 142 valence electrons. The van der Waals surface area contributed by atoms with E-state index in [9.17, 15) is 0 Å². The minimum Gasteiger partial charge on any atom is -0.497 e. The Morgan fingerprint density at radius 2 is 1.76 bits per heavy atom. The van der Waals surface area contributed by atoms with Crippen molar-refractivity contribution in [3.8, 4) is 22.7 Å². The Labute approximate surface area is 173 Å². The van der Waals surface area contributed by atoms with Crippen molar-refractivity contribution in [3.63, 3.8) is 0 Å². The highest BCUT2D eigenvalue weighted by atomic mass is 35.5. The molecule has 0 N–H and O–H groups in total. The van der Waals surface area contributed by atoms with Crippen LogP contribution in [0, 0.1) is 6.92 Å². The van der Waals surface area contributed by atoms with Crippen molar-refractivity contribution in [2.24, 2.45) is 0 Å². The van der Waals surface area contributed by atoms with Gasteiger partial charge in [0.2, 0.25) is 0 Å². The van der Waals surface area contributed by atoms with Crippen LogP contribution < -0.4 is 4.74 Å². The van der Waals surface area contributed by atoms with Crippen molar-refractivity contribution in [1.82, 2.24) is 14.8 Å². The van der Waals surface area contributed by atoms with E-state index in [0.717, 1.165) is 44.5 Å². The van der Waals surface area contributed by atoms with Crippen LogP contribution in [0.2, 0.25) is 5.02 Å². The summed E-state index contributed by atoms with van der Waals surface area (Å²) in [6, 6.07) is 22.0. The third-order valence-electron chi connectivity index (χ3n) is 5.09. The van der Waals surface area contributed by atoms with Crippen LogP contribution in [0.3, 0.4) is 0 Å². The van der Waals surface area contributed by atoms with E-state index in [1.54, 1.807) is 7.11 Å². The molecule has 4 nitrogen and oxygen atoms in total. The Balaban J connectivity index is 1.90. The lowest BCUT2D eigenvalue weighted by atomic mass is 10.1. The van der Waals surface area contributed by atoms with Gasteiger partial charge in [-0.15, -0.1) is 0 Å². The molecule has 5 heteroatoms. The molecule has 0 atom stereocenters. The highest BCUT2D eigenvalue weighted by Crippen LogP contribution is 2.35. The van der Waals surface area contributed by atoms with Crippen LogP contribution in [0.4, 0.5) is 0 Å². The Morgan fingerprint density at radius 1 is 0.931 bits per heavy atom. The van der Waals surface area contributed by atoms with Crippen LogP contribution in [0.1, 0.15) is 5.56 Å². The second-order valence-electron chi connectivity index (χ2n) is 7.01. The van der Waals surface area contributed by atoms with Gasteiger partial charge in [-0.2, -0.15) is 5.10 Å². The molecule has 0 aliphatic carbocycles. The van der Waals surface area contributed by atoms with E-state index in [1.807, 2.05) is 53.3 Å². The maximum atomic E-state index is 6.28. The fourth-order valence-corrected chi connectivity index (χ4v) is 3.79. The minimum absolute atomic E-state index is 0.666. The van der Waals surface area contributed by atoms with E-state index in [1.165, 1.54) is 5.56 Å². The molecule has 0 bridgehead atoms. The van der Waals surface area contributed by atoms with Crippen molar-refractivity contribution in [3.05, 3.63) is 83.5 Å². The normalized spacial score (nSPS) is 11.3. The number of ether oxygens (including phenoxy) is 1. The average Bonchev–Trinajstić information content (AvgIpc) is 3.14. The number of fused-ring (bicyclic) bond motifs is 3. The zero-order chi connectivity index (χ0) is 20.0. The van der Waals surface area contributed by atoms with Crippen molar-refractivity contribution >= 4 is 33.4 Å². The van der Waals surface area contributed by atoms with E-state index in [0.29, 0.717) is 5.02 Å². The molecule has 0 saturated heterocycles. The third-order valence-corrected chi connectivity index (χ3v) is 5.33. The molecule has 2 heterocycles. The predicted octanol–water partition coefficient (Wildman–Crippen LogP) is 6.21. The quantitative estimate of drug-likeness (QED) is 0.362. The maximum Gasteiger partial charge on any atom is 0.119 e. The number of benzene rings is 3. The molecule has 29 heavy (non-hydrogen) atoms. The molecular formula is C24H18ClN3O. The number of hydrogen-bond acceptors (Lipinski definition) is 3. The summed E-state index contributed by atoms with van der Waals surface area (Å²) in [5.74, 6) is 0.780. The summed E-state index contributed by atoms with van der Waals surface area (Å²) in [5.41, 5.74) is 5.91. The lowest BCUT2D eigenvalue weighted by molar-refractivity contribution is 0.415. The van der Waals surface area contributed by atoms with E-state index < -0.39 is 0 Å². The standard InChI is InChI=1S/C24H18ClN3O/c1-15-6-8-16(9-7-15)23-21-14-26-22-11-10-19(29-2)13-20(22)24(21)28(27-23)18-5-3-4-17(25)12-18/h3-14H,1-2H3. The Kier molecular flexibility index (Phi) is 4.22. The zero-order valence-corrected chi connectivity index (χ0v) is 16.8. The fraction of sp³-hybridized carbons (Fsp3) is 0.0833. The van der Waals surface area contributed by atoms with Crippen LogP contribution in [0.5, 0.6) is 5.75 Å². The number of aryl methyl sites for hydroxylation is 1. The summed E-state index contributed by atoms with van der Waals surface area (Å²) in [5, 5.41) is 7.61. The lowest BCUT2D eigenvalue weighted by Crippen LogP contribution is -1.97. The molecule has 0 aliphatic rings. The topological polar surface area (TPSA) is 39.9 Å². The first-order valence-electron chi connectivity index (χ1n) is 9.32. The summed E-state index contributed by atoms with van der Waals surface area (Å²) in [7, 11) is 1.67. The van der Waals surface area contributed by atoms with Crippen LogP contribution in [0.25, 0.3) is 38.8 Å². The predicted molar refractivity (Wildman–Crippen MR) is 118 cm³/mol. The van der Waals surface area contributed by atoms with E-state index in [-0.39, 0.29) is 0 Å². The van der Waals surface area contributed by atoms with Crippen molar-refractivity contribution in [2.45, 2.75) is 6.92 Å². The number of halogens is 1. The van der Waals surface area contributed by atoms with Crippen LogP contribution in [-0.2, 0) is 0 Å². The third kappa shape index (κ3) is 3.02. The number of methoxy groups -OCH3 is 1. The number of aromatic nitrogens is 3. The van der Waals surface area contributed by atoms with E-state index in [4.69, 9.17) is 21.4 Å². The molecule has 0 saturated carbocycles. The maximum absolute atomic E-state index is 6.28. The van der Waals surface area contributed by atoms with Gasteiger partial charge in [-0.1, -0.05) is 47.5 Å². The monoisotopic (exact) mass is 399 g/mol. The van der Waals surface area contributed by atoms with E-state index in [2.05, 4.69) is 36.2 Å². The van der Waals surface area contributed by atoms with Gasteiger partial charge in [0, 0.05) is 27.6 Å². The first-order chi connectivity index (χ1) is 14.1. The van der Waals surface area contributed by atoms with Crippen LogP contribution in [-0.4, -0.2) is 21.9 Å². The molecule has 0 unspecified atom stereocenters. The van der Waals surface area contributed by atoms with Gasteiger partial charge in [0.05, 0.1) is 23.8 Å². The molecule has 3 aromatic carbocycles. The number of rotatable bonds is 3. The summed E-state index contributed by atoms with van der Waals surface area (Å²) >= 11 is 6.28. The molecule has 0 spiro atoms. The van der Waals surface area contributed by atoms with Crippen molar-refractivity contribution < 1.29 is 4.74 Å². The van der Waals surface area contributed by atoms with Crippen molar-refractivity contribution in [1.29, 1.82) is 0 Å². The average molecular weight is 400 g/mol. The molecule has 0 radical (unpaired) electrons. The lowest BCUT2D eigenvalue weighted by Gasteiger charge is -2.07. The van der Waals surface area contributed by atoms with Gasteiger partial charge < -0.3 is 4.74 Å². The van der Waals surface area contributed by atoms with Gasteiger partial charge in [0.25, 0.3) is 0 Å². The molecule has 0 aliphatic heterocycles. The van der Waals surface area contributed by atoms with Gasteiger partial charge in [-0.25, -0.2) is 4.68 Å². The first-order valence-corrected chi connectivity index (χ1v) is 9.70. The second kappa shape index (κ2) is 6.90. The van der Waals surface area contributed by atoms with Crippen molar-refractivity contribution in [2.75, 3.05) is 7.11 Å². The highest BCUT2D eigenvalue weighted by molar-refractivity contribution is 6.30. The first kappa shape index (κ1) is 17.7. The second-order valence-corrected chi connectivity index (χ2v) is 7.45. The van der Waals surface area contributed by atoms with Gasteiger partial charge in [-0.3, -0.25) is 4.98 Å². The van der Waals surface area contributed by atoms with Crippen LogP contribution >= 0.6 is 11.6 Å². The summed E-state index contributed by atoms with van der Waals surface area (Å²) in [6.07, 6.45) is 1.90. The van der Waals surface area contributed by atoms with Gasteiger partial charge >= 0.3 is 0 Å². The number of pyridine rings is 1. The summed E-state index contributed by atoms with van der Waals surface area (Å²) < 4.78 is 7.41. The highest BCUT2D eigenvalue weighted by Gasteiger charge is 2.17. The number of hydrogen-bond donors (Lipinski definition) is 0. The largest absolute Gasteiger partial charge is 0.497 e. The molecule has 5 rings (SSSR count). The minimum atomic E-state index is 0.666. The molecule has 0 amide bonds. The zero-order valence-electron chi connectivity index (χ0n) is 16.1. The van der Waals surface area contributed by atoms with E-state index >= 15 is 0 Å². The molecule has 2 aromatic heterocycles. The van der Waals surface area contributed by atoms with Gasteiger partial charge in [0.1, 0.15) is 11.4 Å². The Hall–Kier alpha value is -3.37. The molecular weight excluding hydrogens is 382 g/mol. The van der Waals surface area contributed by atoms with Gasteiger partial charge in [-0.05, 0) is 43.3 Å². The Morgan fingerprint density at radius 3 is 2.52 bits per heavy atom. The summed E-state index contributed by atoms with van der Waals surface area (Å²) in [4.78, 5) is 4.68.